The molecule has 502 valence electrons. The van der Waals surface area contributed by atoms with Gasteiger partial charge in [0.05, 0.1) is 24.4 Å². The predicted octanol–water partition coefficient (Wildman–Crippen LogP) is 15.8. The number of hydrogen-bond donors (Lipinski definition) is 4. The molecule has 2 amide bonds. The maximum atomic E-state index is 13.4. The molecule has 0 saturated heterocycles. The molecule has 4 unspecified atom stereocenters. The second-order valence-electron chi connectivity index (χ2n) is 26.8. The van der Waals surface area contributed by atoms with E-state index in [1.54, 1.807) is 9.80 Å². The monoisotopic (exact) mass is 1190 g/mol. The molecule has 0 aliphatic carbocycles. The van der Waals surface area contributed by atoms with Crippen molar-refractivity contribution in [1.82, 2.24) is 29.4 Å². The van der Waals surface area contributed by atoms with Crippen molar-refractivity contribution in [2.45, 2.75) is 347 Å². The molecule has 84 heavy (non-hydrogen) atoms. The second kappa shape index (κ2) is 61.8. The minimum atomic E-state index is -0.407. The number of aliphatic hydroxyl groups excluding tert-OH is 4. The van der Waals surface area contributed by atoms with Gasteiger partial charge in [-0.3, -0.25) is 19.4 Å². The van der Waals surface area contributed by atoms with Gasteiger partial charge in [-0.2, -0.15) is 0 Å². The third-order valence-electron chi connectivity index (χ3n) is 18.1. The maximum Gasteiger partial charge on any atom is 0.223 e. The molecule has 0 aliphatic heterocycles. The lowest BCUT2D eigenvalue weighted by Crippen LogP contribution is -2.43. The summed E-state index contributed by atoms with van der Waals surface area (Å²) in [5.74, 6) is 0.120. The van der Waals surface area contributed by atoms with Crippen LogP contribution in [0.5, 0.6) is 0 Å². The summed E-state index contributed by atoms with van der Waals surface area (Å²) < 4.78 is 0. The summed E-state index contributed by atoms with van der Waals surface area (Å²) in [5, 5.41) is 44.7. The SMILES string of the molecule is CCCCCCCCCCCCC(O)CN(CCN(C)CCC(=O)N(C)CCN(C)C(=O)CCN(C)CCN(CC(O)CCCCCCCCCCCC)CC(O)CCCCCCCCCCCC)CC(O)CCCCCCCCCCCC. The first kappa shape index (κ1) is 82.6. The lowest BCUT2D eigenvalue weighted by atomic mass is 10.0. The highest BCUT2D eigenvalue weighted by molar-refractivity contribution is 5.77. The molecule has 0 aromatic heterocycles. The molecule has 4 atom stereocenters. The van der Waals surface area contributed by atoms with Gasteiger partial charge in [-0.15, -0.1) is 0 Å². The number of likely N-dealkylation sites (N-methyl/N-ethyl adjacent to an activating group) is 4. The summed E-state index contributed by atoms with van der Waals surface area (Å²) in [6, 6.07) is 0. The first-order valence-corrected chi connectivity index (χ1v) is 36.8. The van der Waals surface area contributed by atoms with Gasteiger partial charge in [-0.1, -0.05) is 285 Å². The summed E-state index contributed by atoms with van der Waals surface area (Å²) in [6.07, 6.45) is 53.5. The molecule has 0 spiro atoms. The van der Waals surface area contributed by atoms with Crippen molar-refractivity contribution >= 4 is 11.8 Å². The minimum absolute atomic E-state index is 0.0601. The van der Waals surface area contributed by atoms with Crippen molar-refractivity contribution in [3.05, 3.63) is 0 Å². The van der Waals surface area contributed by atoms with Crippen molar-refractivity contribution in [2.75, 3.05) is 107 Å². The summed E-state index contributed by atoms with van der Waals surface area (Å²) in [4.78, 5) is 39.1. The van der Waals surface area contributed by atoms with Crippen LogP contribution < -0.4 is 0 Å². The summed E-state index contributed by atoms with van der Waals surface area (Å²) >= 11 is 0. The van der Waals surface area contributed by atoms with Crippen LogP contribution in [0.4, 0.5) is 0 Å². The van der Waals surface area contributed by atoms with Crippen LogP contribution in [0, 0.1) is 0 Å². The van der Waals surface area contributed by atoms with Crippen molar-refractivity contribution in [2.24, 2.45) is 0 Å². The number of nitrogens with zero attached hydrogens (tertiary/aromatic N) is 6. The first-order chi connectivity index (χ1) is 40.8. The van der Waals surface area contributed by atoms with Gasteiger partial charge in [0.1, 0.15) is 0 Å². The molecular formula is C72H148N6O6. The Kier molecular flexibility index (Phi) is 60.8. The standard InChI is InChI=1S/C72H148N6O6/c1-9-13-17-21-25-29-33-37-41-45-49-67(79)63-77(64-68(80)50-46-42-38-34-30-26-22-18-14-10-2)61-57-73(5)55-53-71(83)75(7)59-60-76(8)72(84)54-56-74(6)58-62-78(65-69(81)51-47-43-39-35-31-27-23-19-15-11-3)66-70(82)52-48-44-40-36-32-28-24-20-16-12-4/h67-70,79-82H,9-66H2,1-8H3. The van der Waals surface area contributed by atoms with Crippen LogP contribution in [0.2, 0.25) is 0 Å². The quantitative estimate of drug-likeness (QED) is 0.0436. The fourth-order valence-corrected chi connectivity index (χ4v) is 11.9. The number of hydrogen-bond acceptors (Lipinski definition) is 10. The lowest BCUT2D eigenvalue weighted by Gasteiger charge is -2.30. The molecule has 12 nitrogen and oxygen atoms in total. The summed E-state index contributed by atoms with van der Waals surface area (Å²) in [7, 11) is 7.77. The highest BCUT2D eigenvalue weighted by atomic mass is 16.3. The fourth-order valence-electron chi connectivity index (χ4n) is 11.9. The zero-order chi connectivity index (χ0) is 61.9. The van der Waals surface area contributed by atoms with E-state index in [1.807, 2.05) is 14.1 Å². The average Bonchev–Trinajstić information content (AvgIpc) is 3.57. The van der Waals surface area contributed by atoms with E-state index in [0.717, 1.165) is 77.5 Å². The Bertz CT molecular complexity index is 1220. The second-order valence-corrected chi connectivity index (χ2v) is 26.8. The third-order valence-corrected chi connectivity index (χ3v) is 18.1. The Hall–Kier alpha value is -1.38. The molecule has 0 aromatic carbocycles. The molecule has 0 bridgehead atoms. The van der Waals surface area contributed by atoms with Crippen LogP contribution in [0.15, 0.2) is 0 Å². The zero-order valence-corrected chi connectivity index (χ0v) is 57.6. The molecule has 0 radical (unpaired) electrons. The van der Waals surface area contributed by atoms with E-state index in [-0.39, 0.29) is 11.8 Å². The molecule has 12 heteroatoms. The zero-order valence-electron chi connectivity index (χ0n) is 57.6. The number of unbranched alkanes of at least 4 members (excludes halogenated alkanes) is 36. The van der Waals surface area contributed by atoms with Gasteiger partial charge >= 0.3 is 0 Å². The molecule has 0 aliphatic rings. The van der Waals surface area contributed by atoms with Gasteiger partial charge in [0.15, 0.2) is 0 Å². The maximum absolute atomic E-state index is 13.4. The topological polar surface area (TPSA) is 134 Å². The van der Waals surface area contributed by atoms with Crippen LogP contribution in [-0.2, 0) is 9.59 Å². The fraction of sp³-hybridized carbons (Fsp3) is 0.972. The van der Waals surface area contributed by atoms with Gasteiger partial charge in [0.2, 0.25) is 11.8 Å². The number of amides is 2. The number of carbonyl (C=O) groups excluding carboxylic acids is 2. The Morgan fingerprint density at radius 3 is 0.655 bits per heavy atom. The van der Waals surface area contributed by atoms with E-state index >= 15 is 0 Å². The Morgan fingerprint density at radius 2 is 0.452 bits per heavy atom. The molecule has 0 aromatic rings. The van der Waals surface area contributed by atoms with Crippen LogP contribution in [0.3, 0.4) is 0 Å². The number of rotatable bonds is 67. The van der Waals surface area contributed by atoms with E-state index < -0.39 is 24.4 Å². The highest BCUT2D eigenvalue weighted by Crippen LogP contribution is 2.18. The van der Waals surface area contributed by atoms with E-state index in [4.69, 9.17) is 0 Å². The highest BCUT2D eigenvalue weighted by Gasteiger charge is 2.20. The summed E-state index contributed by atoms with van der Waals surface area (Å²) in [5.41, 5.74) is 0. The molecule has 0 heterocycles. The van der Waals surface area contributed by atoms with Crippen molar-refractivity contribution in [3.63, 3.8) is 0 Å². The van der Waals surface area contributed by atoms with Crippen LogP contribution in [0.1, 0.15) is 323 Å². The summed E-state index contributed by atoms with van der Waals surface area (Å²) in [6.45, 7) is 16.5. The van der Waals surface area contributed by atoms with Gasteiger partial charge in [-0.05, 0) is 39.8 Å². The van der Waals surface area contributed by atoms with Gasteiger partial charge in [0, 0.05) is 105 Å². The Balaban J connectivity index is 5.01. The van der Waals surface area contributed by atoms with Crippen LogP contribution >= 0.6 is 0 Å². The van der Waals surface area contributed by atoms with E-state index in [1.165, 1.54) is 231 Å². The van der Waals surface area contributed by atoms with Gasteiger partial charge in [0.25, 0.3) is 0 Å². The number of carbonyl (C=O) groups is 2. The van der Waals surface area contributed by atoms with Crippen LogP contribution in [-0.4, -0.2) is 193 Å². The largest absolute Gasteiger partial charge is 0.392 e. The predicted molar refractivity (Wildman–Crippen MR) is 362 cm³/mol. The molecular weight excluding hydrogens is 1040 g/mol. The lowest BCUT2D eigenvalue weighted by molar-refractivity contribution is -0.133. The van der Waals surface area contributed by atoms with Gasteiger partial charge < -0.3 is 40.0 Å². The van der Waals surface area contributed by atoms with E-state index in [0.29, 0.717) is 65.2 Å². The van der Waals surface area contributed by atoms with Crippen molar-refractivity contribution in [1.29, 1.82) is 0 Å². The Morgan fingerprint density at radius 1 is 0.262 bits per heavy atom. The normalized spacial score (nSPS) is 13.5. The first-order valence-electron chi connectivity index (χ1n) is 36.8. The molecule has 4 N–H and O–H groups in total. The molecule has 0 rings (SSSR count). The third kappa shape index (κ3) is 55.9. The minimum Gasteiger partial charge on any atom is -0.392 e. The van der Waals surface area contributed by atoms with Crippen LogP contribution in [0.25, 0.3) is 0 Å². The smallest absolute Gasteiger partial charge is 0.223 e. The van der Waals surface area contributed by atoms with E-state index in [9.17, 15) is 30.0 Å². The van der Waals surface area contributed by atoms with E-state index in [2.05, 4.69) is 61.4 Å². The molecule has 0 fully saturated rings. The van der Waals surface area contributed by atoms with Gasteiger partial charge in [-0.25, -0.2) is 0 Å². The number of aliphatic hydroxyl groups is 4. The Labute approximate surface area is 523 Å². The molecule has 0 saturated carbocycles. The average molecular weight is 1190 g/mol. The van der Waals surface area contributed by atoms with Crippen molar-refractivity contribution in [3.8, 4) is 0 Å². The van der Waals surface area contributed by atoms with Crippen molar-refractivity contribution < 1.29 is 30.0 Å².